The lowest BCUT2D eigenvalue weighted by Gasteiger charge is -2.40. The minimum absolute atomic E-state index is 0.272. The van der Waals surface area contributed by atoms with Crippen molar-refractivity contribution >= 4 is 17.6 Å². The lowest BCUT2D eigenvalue weighted by Crippen LogP contribution is -2.46. The van der Waals surface area contributed by atoms with Gasteiger partial charge in [0.1, 0.15) is 0 Å². The van der Waals surface area contributed by atoms with Gasteiger partial charge in [0.05, 0.1) is 6.20 Å². The van der Waals surface area contributed by atoms with Crippen LogP contribution in [0.4, 0.5) is 5.82 Å². The Kier molecular flexibility index (Phi) is 3.89. The Hall–Kier alpha value is -0.810. The van der Waals surface area contributed by atoms with Crippen LogP contribution in [0.3, 0.4) is 0 Å². The van der Waals surface area contributed by atoms with E-state index in [1.165, 1.54) is 0 Å². The first-order valence-electron chi connectivity index (χ1n) is 5.99. The predicted octanol–water partition coefficient (Wildman–Crippen LogP) is 1.45. The number of aromatic nitrogens is 2. The third-order valence-corrected chi connectivity index (χ3v) is 5.02. The fourth-order valence-electron chi connectivity index (χ4n) is 2.24. The monoisotopic (exact) mass is 252 g/mol. The SMILES string of the molecule is CSC1(CN)CCN(c2cc(C)cnn2)CC1. The van der Waals surface area contributed by atoms with Gasteiger partial charge in [-0.15, -0.1) is 5.10 Å². The molecule has 1 aromatic rings. The number of rotatable bonds is 3. The normalized spacial score (nSPS) is 19.4. The van der Waals surface area contributed by atoms with Crippen LogP contribution in [-0.4, -0.2) is 40.8 Å². The number of nitrogens with zero attached hydrogens (tertiary/aromatic N) is 3. The Bertz CT molecular complexity index is 369. The molecule has 0 atom stereocenters. The molecule has 1 aliphatic rings. The topological polar surface area (TPSA) is 55.0 Å². The van der Waals surface area contributed by atoms with Crippen LogP contribution < -0.4 is 10.6 Å². The van der Waals surface area contributed by atoms with Gasteiger partial charge in [-0.25, -0.2) is 0 Å². The van der Waals surface area contributed by atoms with Crippen molar-refractivity contribution < 1.29 is 0 Å². The molecule has 0 radical (unpaired) electrons. The van der Waals surface area contributed by atoms with Gasteiger partial charge >= 0.3 is 0 Å². The van der Waals surface area contributed by atoms with Gasteiger partial charge in [-0.2, -0.15) is 16.9 Å². The molecule has 94 valence electrons. The van der Waals surface area contributed by atoms with Gasteiger partial charge in [0.15, 0.2) is 5.82 Å². The van der Waals surface area contributed by atoms with Gasteiger partial charge in [0, 0.05) is 24.4 Å². The van der Waals surface area contributed by atoms with Crippen LogP contribution in [0.15, 0.2) is 12.3 Å². The highest BCUT2D eigenvalue weighted by Gasteiger charge is 2.32. The fourth-order valence-corrected chi connectivity index (χ4v) is 3.00. The van der Waals surface area contributed by atoms with E-state index in [9.17, 15) is 0 Å². The summed E-state index contributed by atoms with van der Waals surface area (Å²) in [7, 11) is 0. The summed E-state index contributed by atoms with van der Waals surface area (Å²) < 4.78 is 0.272. The number of hydrogen-bond donors (Lipinski definition) is 1. The van der Waals surface area contributed by atoms with E-state index in [1.54, 1.807) is 6.20 Å². The predicted molar refractivity (Wildman–Crippen MR) is 73.5 cm³/mol. The molecule has 0 unspecified atom stereocenters. The largest absolute Gasteiger partial charge is 0.355 e. The van der Waals surface area contributed by atoms with Crippen LogP contribution >= 0.6 is 11.8 Å². The second-order valence-electron chi connectivity index (χ2n) is 4.67. The third kappa shape index (κ3) is 2.72. The molecule has 2 rings (SSSR count). The van der Waals surface area contributed by atoms with Crippen molar-refractivity contribution in [2.75, 3.05) is 30.8 Å². The summed E-state index contributed by atoms with van der Waals surface area (Å²) in [6.07, 6.45) is 6.20. The Morgan fingerprint density at radius 1 is 1.47 bits per heavy atom. The summed E-state index contributed by atoms with van der Waals surface area (Å²) >= 11 is 1.91. The van der Waals surface area contributed by atoms with Crippen molar-refractivity contribution in [2.24, 2.45) is 5.73 Å². The molecule has 5 heteroatoms. The van der Waals surface area contributed by atoms with E-state index in [0.717, 1.165) is 43.9 Å². The standard InChI is InChI=1S/C12H20N4S/c1-10-7-11(15-14-8-10)16-5-3-12(9-13,17-2)4-6-16/h7-8H,3-6,9,13H2,1-2H3. The van der Waals surface area contributed by atoms with E-state index in [4.69, 9.17) is 5.73 Å². The van der Waals surface area contributed by atoms with Crippen LogP contribution in [0.2, 0.25) is 0 Å². The highest BCUT2D eigenvalue weighted by atomic mass is 32.2. The summed E-state index contributed by atoms with van der Waals surface area (Å²) in [6, 6.07) is 2.10. The molecule has 2 N–H and O–H groups in total. The van der Waals surface area contributed by atoms with E-state index in [-0.39, 0.29) is 4.75 Å². The number of thioether (sulfide) groups is 1. The summed E-state index contributed by atoms with van der Waals surface area (Å²) in [6.45, 7) is 4.86. The van der Waals surface area contributed by atoms with Gasteiger partial charge < -0.3 is 10.6 Å². The smallest absolute Gasteiger partial charge is 0.151 e. The molecular weight excluding hydrogens is 232 g/mol. The number of hydrogen-bond acceptors (Lipinski definition) is 5. The van der Waals surface area contributed by atoms with Gasteiger partial charge in [-0.05, 0) is 37.7 Å². The third-order valence-electron chi connectivity index (χ3n) is 3.58. The molecule has 0 bridgehead atoms. The van der Waals surface area contributed by atoms with Crippen molar-refractivity contribution in [3.8, 4) is 0 Å². The molecule has 0 spiro atoms. The van der Waals surface area contributed by atoms with E-state index in [1.807, 2.05) is 18.7 Å². The molecule has 17 heavy (non-hydrogen) atoms. The van der Waals surface area contributed by atoms with Gasteiger partial charge in [0.2, 0.25) is 0 Å². The zero-order valence-corrected chi connectivity index (χ0v) is 11.3. The molecule has 0 amide bonds. The molecule has 0 aliphatic carbocycles. The number of piperidine rings is 1. The average molecular weight is 252 g/mol. The summed E-state index contributed by atoms with van der Waals surface area (Å²) in [5.74, 6) is 0.997. The van der Waals surface area contributed by atoms with Crippen LogP contribution in [0.25, 0.3) is 0 Å². The Morgan fingerprint density at radius 3 is 2.71 bits per heavy atom. The number of nitrogens with two attached hydrogens (primary N) is 1. The molecule has 1 aliphatic heterocycles. The van der Waals surface area contributed by atoms with Crippen molar-refractivity contribution in [2.45, 2.75) is 24.5 Å². The van der Waals surface area contributed by atoms with Gasteiger partial charge in [-0.1, -0.05) is 0 Å². The van der Waals surface area contributed by atoms with Crippen LogP contribution in [0.5, 0.6) is 0 Å². The molecular formula is C12H20N4S. The van der Waals surface area contributed by atoms with Gasteiger partial charge in [0.25, 0.3) is 0 Å². The first kappa shape index (κ1) is 12.6. The first-order chi connectivity index (χ1) is 8.19. The summed E-state index contributed by atoms with van der Waals surface area (Å²) in [4.78, 5) is 2.31. The van der Waals surface area contributed by atoms with E-state index in [2.05, 4.69) is 27.4 Å². The molecule has 0 aromatic carbocycles. The first-order valence-corrected chi connectivity index (χ1v) is 7.21. The van der Waals surface area contributed by atoms with Crippen molar-refractivity contribution in [3.05, 3.63) is 17.8 Å². The minimum atomic E-state index is 0.272. The maximum atomic E-state index is 5.89. The fraction of sp³-hybridized carbons (Fsp3) is 0.667. The zero-order valence-electron chi connectivity index (χ0n) is 10.5. The maximum Gasteiger partial charge on any atom is 0.151 e. The molecule has 0 saturated carbocycles. The maximum absolute atomic E-state index is 5.89. The highest BCUT2D eigenvalue weighted by molar-refractivity contribution is 8.00. The number of anilines is 1. The van der Waals surface area contributed by atoms with Crippen LogP contribution in [0, 0.1) is 6.92 Å². The average Bonchev–Trinajstić information content (AvgIpc) is 2.39. The van der Waals surface area contributed by atoms with Crippen molar-refractivity contribution in [1.82, 2.24) is 10.2 Å². The Morgan fingerprint density at radius 2 is 2.18 bits per heavy atom. The van der Waals surface area contributed by atoms with E-state index in [0.29, 0.717) is 0 Å². The minimum Gasteiger partial charge on any atom is -0.355 e. The quantitative estimate of drug-likeness (QED) is 0.882. The Balaban J connectivity index is 2.04. The molecule has 1 fully saturated rings. The lowest BCUT2D eigenvalue weighted by molar-refractivity contribution is 0.454. The summed E-state index contributed by atoms with van der Waals surface area (Å²) in [5, 5.41) is 8.22. The molecule has 2 heterocycles. The van der Waals surface area contributed by atoms with Crippen LogP contribution in [-0.2, 0) is 0 Å². The molecule has 4 nitrogen and oxygen atoms in total. The van der Waals surface area contributed by atoms with E-state index >= 15 is 0 Å². The van der Waals surface area contributed by atoms with Crippen molar-refractivity contribution in [1.29, 1.82) is 0 Å². The van der Waals surface area contributed by atoms with E-state index < -0.39 is 0 Å². The van der Waals surface area contributed by atoms with Gasteiger partial charge in [-0.3, -0.25) is 0 Å². The van der Waals surface area contributed by atoms with Crippen LogP contribution in [0.1, 0.15) is 18.4 Å². The summed E-state index contributed by atoms with van der Waals surface area (Å²) in [5.41, 5.74) is 7.05. The second-order valence-corrected chi connectivity index (χ2v) is 5.94. The molecule has 1 aromatic heterocycles. The zero-order chi connectivity index (χ0) is 12.3. The van der Waals surface area contributed by atoms with Crippen molar-refractivity contribution in [3.63, 3.8) is 0 Å². The Labute approximate surface area is 107 Å². The number of aryl methyl sites for hydroxylation is 1. The lowest BCUT2D eigenvalue weighted by atomic mass is 9.96. The second kappa shape index (κ2) is 5.23. The highest BCUT2D eigenvalue weighted by Crippen LogP contribution is 2.34. The molecule has 1 saturated heterocycles.